The number of azo groups is 2. The summed E-state index contributed by atoms with van der Waals surface area (Å²) in [6.45, 7) is 8.50. The maximum atomic E-state index is 8.29. The molecule has 38 heavy (non-hydrogen) atoms. The lowest BCUT2D eigenvalue weighted by Crippen LogP contribution is -2.21. The summed E-state index contributed by atoms with van der Waals surface area (Å²) in [6, 6.07) is 28.6. The first-order chi connectivity index (χ1) is 18.6. The number of hydrogen-bond acceptors (Lipinski definition) is 7. The molecule has 4 rings (SSSR count). The second-order valence-corrected chi connectivity index (χ2v) is 8.71. The zero-order valence-corrected chi connectivity index (χ0v) is 22.9. The third-order valence-corrected chi connectivity index (χ3v) is 6.16. The van der Waals surface area contributed by atoms with Gasteiger partial charge in [0.1, 0.15) is 0 Å². The van der Waals surface area contributed by atoms with Gasteiger partial charge in [-0.3, -0.25) is 0 Å². The van der Waals surface area contributed by atoms with Crippen molar-refractivity contribution in [2.75, 3.05) is 18.0 Å². The minimum Gasteiger partial charge on any atom is -0.372 e. The molecule has 4 aromatic carbocycles. The van der Waals surface area contributed by atoms with Gasteiger partial charge in [-0.15, -0.1) is 10.2 Å². The Kier molecular flexibility index (Phi) is 11.5. The van der Waals surface area contributed by atoms with E-state index in [2.05, 4.69) is 82.5 Å². The van der Waals surface area contributed by atoms with E-state index in [1.807, 2.05) is 48.5 Å². The summed E-state index contributed by atoms with van der Waals surface area (Å²) in [5, 5.41) is 20.1. The number of hydrogen-bond donors (Lipinski definition) is 0. The molecule has 0 unspecified atom stereocenters. The summed E-state index contributed by atoms with van der Waals surface area (Å²) in [5.41, 5.74) is 5.85. The second-order valence-electron chi connectivity index (χ2n) is 8.58. The van der Waals surface area contributed by atoms with E-state index in [0.29, 0.717) is 0 Å². The van der Waals surface area contributed by atoms with Gasteiger partial charge in [-0.25, -0.2) is 0 Å². The third-order valence-electron chi connectivity index (χ3n) is 6.16. The van der Waals surface area contributed by atoms with E-state index >= 15 is 0 Å². The van der Waals surface area contributed by atoms with Crippen LogP contribution in [0, 0.1) is 0 Å². The Morgan fingerprint density at radius 3 is 1.55 bits per heavy atom. The average Bonchev–Trinajstić information content (AvgIpc) is 2.96. The van der Waals surface area contributed by atoms with Crippen LogP contribution in [0.2, 0.25) is 0 Å². The molecule has 8 heteroatoms. The molecule has 0 saturated heterocycles. The summed E-state index contributed by atoms with van der Waals surface area (Å²) in [7, 11) is 0. The normalized spacial score (nSPS) is 11.0. The first-order valence-electron chi connectivity index (χ1n) is 12.8. The predicted molar refractivity (Wildman–Crippen MR) is 156 cm³/mol. The molecular weight excluding hydrogens is 494 g/mol. The fourth-order valence-electron chi connectivity index (χ4n) is 4.09. The van der Waals surface area contributed by atoms with Crippen molar-refractivity contribution in [3.05, 3.63) is 90.5 Å². The van der Waals surface area contributed by atoms with Crippen LogP contribution in [0.25, 0.3) is 10.8 Å². The van der Waals surface area contributed by atoms with Gasteiger partial charge in [0.15, 0.2) is 0 Å². The van der Waals surface area contributed by atoms with Gasteiger partial charge in [0.25, 0.3) is 0 Å². The minimum absolute atomic E-state index is 0.750. The topological polar surface area (TPSA) is 86.8 Å². The lowest BCUT2D eigenvalue weighted by molar-refractivity contribution is 0.630. The van der Waals surface area contributed by atoms with E-state index in [1.54, 1.807) is 0 Å². The Hall–Kier alpha value is -4.04. The molecule has 0 aliphatic carbocycles. The SMILES string of the molecule is CCCCc1ccc(N=Nc2ccc(N=Nc3ccc(N(CC)CC)cc3)c3ccccc23)cc1.O=S=O. The van der Waals surface area contributed by atoms with E-state index in [4.69, 9.17) is 8.42 Å². The van der Waals surface area contributed by atoms with Crippen LogP contribution < -0.4 is 4.90 Å². The Balaban J connectivity index is 0.00000127. The van der Waals surface area contributed by atoms with Gasteiger partial charge in [0, 0.05) is 29.5 Å². The maximum absolute atomic E-state index is 8.29. The largest absolute Gasteiger partial charge is 0.372 e. The molecule has 196 valence electrons. The molecule has 0 saturated carbocycles. The van der Waals surface area contributed by atoms with Gasteiger partial charge in [-0.1, -0.05) is 49.7 Å². The van der Waals surface area contributed by atoms with Crippen LogP contribution in [0.4, 0.5) is 28.4 Å². The molecule has 0 atom stereocenters. The fraction of sp³-hybridized carbons (Fsp3) is 0.267. The van der Waals surface area contributed by atoms with E-state index in [1.165, 1.54) is 24.1 Å². The van der Waals surface area contributed by atoms with E-state index in [0.717, 1.165) is 53.0 Å². The number of anilines is 1. The summed E-state index contributed by atoms with van der Waals surface area (Å²) >= 11 is -0.750. The molecule has 4 aromatic rings. The van der Waals surface area contributed by atoms with Crippen LogP contribution in [0.3, 0.4) is 0 Å². The van der Waals surface area contributed by atoms with Crippen LogP contribution in [-0.2, 0) is 18.0 Å². The number of benzene rings is 4. The smallest absolute Gasteiger partial charge is 0.335 e. The highest BCUT2D eigenvalue weighted by Gasteiger charge is 2.06. The van der Waals surface area contributed by atoms with Crippen molar-refractivity contribution in [3.63, 3.8) is 0 Å². The standard InChI is InChI=1S/C30H33N5.O2S/c1-4-7-10-23-13-15-24(16-14-23)31-33-29-21-22-30(28-12-9-8-11-27(28)29)34-32-25-17-19-26(20-18-25)35(5-2)6-3;1-3-2/h8-9,11-22H,4-7,10H2,1-3H3;. The molecule has 0 heterocycles. The van der Waals surface area contributed by atoms with E-state index in [9.17, 15) is 0 Å². The van der Waals surface area contributed by atoms with Crippen molar-refractivity contribution in [2.45, 2.75) is 40.0 Å². The summed E-state index contributed by atoms with van der Waals surface area (Å²) in [5.74, 6) is 0. The van der Waals surface area contributed by atoms with Crippen LogP contribution in [0.15, 0.2) is 105 Å². The molecule has 0 spiro atoms. The molecule has 0 aliphatic rings. The molecule has 0 aliphatic heterocycles. The van der Waals surface area contributed by atoms with Crippen LogP contribution in [0.5, 0.6) is 0 Å². The van der Waals surface area contributed by atoms with E-state index in [-0.39, 0.29) is 0 Å². The molecule has 0 N–H and O–H groups in total. The molecule has 0 fully saturated rings. The average molecular weight is 528 g/mol. The van der Waals surface area contributed by atoms with Crippen molar-refractivity contribution in [1.82, 2.24) is 0 Å². The molecule has 0 bridgehead atoms. The number of aryl methyl sites for hydroxylation is 1. The van der Waals surface area contributed by atoms with Crippen LogP contribution in [0.1, 0.15) is 39.2 Å². The zero-order valence-electron chi connectivity index (χ0n) is 22.1. The minimum atomic E-state index is -0.750. The first kappa shape index (κ1) is 28.5. The second kappa shape index (κ2) is 15.3. The number of unbranched alkanes of at least 4 members (excludes halogenated alkanes) is 1. The van der Waals surface area contributed by atoms with Crippen molar-refractivity contribution in [3.8, 4) is 0 Å². The van der Waals surface area contributed by atoms with Gasteiger partial charge in [0.05, 0.1) is 22.7 Å². The number of rotatable bonds is 10. The molecule has 0 amide bonds. The Morgan fingerprint density at radius 2 is 1.11 bits per heavy atom. The van der Waals surface area contributed by atoms with Crippen molar-refractivity contribution in [1.29, 1.82) is 0 Å². The van der Waals surface area contributed by atoms with Gasteiger partial charge in [-0.2, -0.15) is 18.6 Å². The Labute approximate surface area is 227 Å². The predicted octanol–water partition coefficient (Wildman–Crippen LogP) is 9.19. The summed E-state index contributed by atoms with van der Waals surface area (Å²) < 4.78 is 16.6. The van der Waals surface area contributed by atoms with Crippen LogP contribution >= 0.6 is 0 Å². The van der Waals surface area contributed by atoms with Gasteiger partial charge in [-0.05, 0) is 80.8 Å². The van der Waals surface area contributed by atoms with Crippen molar-refractivity contribution in [2.24, 2.45) is 20.5 Å². The molecular formula is C30H33N5O2S. The maximum Gasteiger partial charge on any atom is 0.335 e. The highest BCUT2D eigenvalue weighted by Crippen LogP contribution is 2.35. The Morgan fingerprint density at radius 1 is 0.632 bits per heavy atom. The van der Waals surface area contributed by atoms with Gasteiger partial charge < -0.3 is 4.90 Å². The molecule has 0 aromatic heterocycles. The summed E-state index contributed by atoms with van der Waals surface area (Å²) in [6.07, 6.45) is 3.51. The van der Waals surface area contributed by atoms with Crippen molar-refractivity contribution >= 4 is 50.8 Å². The first-order valence-corrected chi connectivity index (χ1v) is 13.5. The molecule has 0 radical (unpaired) electrons. The summed E-state index contributed by atoms with van der Waals surface area (Å²) in [4.78, 5) is 2.31. The highest BCUT2D eigenvalue weighted by atomic mass is 32.1. The fourth-order valence-corrected chi connectivity index (χ4v) is 4.09. The lowest BCUT2D eigenvalue weighted by Gasteiger charge is -2.20. The van der Waals surface area contributed by atoms with E-state index < -0.39 is 11.6 Å². The monoisotopic (exact) mass is 527 g/mol. The Bertz CT molecular complexity index is 1390. The zero-order chi connectivity index (χ0) is 27.2. The molecule has 7 nitrogen and oxygen atoms in total. The third kappa shape index (κ3) is 7.98. The quantitative estimate of drug-likeness (QED) is 0.193. The van der Waals surface area contributed by atoms with Gasteiger partial charge >= 0.3 is 11.6 Å². The lowest BCUT2D eigenvalue weighted by atomic mass is 10.1. The van der Waals surface area contributed by atoms with Crippen molar-refractivity contribution < 1.29 is 8.42 Å². The van der Waals surface area contributed by atoms with Gasteiger partial charge in [0.2, 0.25) is 0 Å². The highest BCUT2D eigenvalue weighted by molar-refractivity contribution is 7.51. The van der Waals surface area contributed by atoms with Crippen LogP contribution in [-0.4, -0.2) is 21.5 Å². The number of fused-ring (bicyclic) bond motifs is 1. The number of nitrogens with zero attached hydrogens (tertiary/aromatic N) is 5.